The minimum atomic E-state index is -0.185. The van der Waals surface area contributed by atoms with Crippen LogP contribution < -0.4 is 0 Å². The molecule has 3 nitrogen and oxygen atoms in total. The molecule has 0 heterocycles. The van der Waals surface area contributed by atoms with E-state index < -0.39 is 0 Å². The van der Waals surface area contributed by atoms with Crippen molar-refractivity contribution in [3.05, 3.63) is 35.9 Å². The van der Waals surface area contributed by atoms with Crippen LogP contribution in [0.25, 0.3) is 0 Å². The van der Waals surface area contributed by atoms with Crippen molar-refractivity contribution in [2.24, 2.45) is 34.5 Å². The maximum Gasteiger partial charge on any atom is 0.338 e. The summed E-state index contributed by atoms with van der Waals surface area (Å²) in [5, 5.41) is 10.4. The third-order valence-electron chi connectivity index (χ3n) is 9.68. The number of aliphatic hydroxyl groups is 1. The summed E-state index contributed by atoms with van der Waals surface area (Å²) in [4.78, 5) is 13.0. The molecule has 158 valence electrons. The van der Waals surface area contributed by atoms with E-state index in [9.17, 15) is 9.90 Å². The number of benzene rings is 1. The van der Waals surface area contributed by atoms with Crippen molar-refractivity contribution in [3.8, 4) is 0 Å². The monoisotopic (exact) mass is 396 g/mol. The number of fused-ring (bicyclic) bond motifs is 5. The van der Waals surface area contributed by atoms with Gasteiger partial charge in [-0.1, -0.05) is 38.5 Å². The lowest BCUT2D eigenvalue weighted by Crippen LogP contribution is -2.58. The first kappa shape index (κ1) is 19.6. The molecule has 0 aromatic heterocycles. The lowest BCUT2D eigenvalue weighted by molar-refractivity contribution is -0.169. The fourth-order valence-corrected chi connectivity index (χ4v) is 8.07. The minimum absolute atomic E-state index is 0.00111. The summed E-state index contributed by atoms with van der Waals surface area (Å²) >= 11 is 0. The molecule has 1 aromatic carbocycles. The molecule has 5 rings (SSSR count). The van der Waals surface area contributed by atoms with Gasteiger partial charge < -0.3 is 9.84 Å². The average molecular weight is 397 g/mol. The van der Waals surface area contributed by atoms with Crippen molar-refractivity contribution >= 4 is 5.97 Å². The summed E-state index contributed by atoms with van der Waals surface area (Å²) in [7, 11) is 0. The first-order valence-corrected chi connectivity index (χ1v) is 11.8. The second-order valence-electron chi connectivity index (χ2n) is 11.1. The van der Waals surface area contributed by atoms with Gasteiger partial charge in [-0.3, -0.25) is 0 Å². The van der Waals surface area contributed by atoms with Crippen molar-refractivity contribution in [1.82, 2.24) is 0 Å². The highest BCUT2D eigenvalue weighted by atomic mass is 16.5. The standard InChI is InChI=1S/C26H36O3/c1-25-12-6-9-20(25)23-21(11-13-25)26(2)14-10-19(27)15-18(26)16-22(23)29-24(28)17-7-4-3-5-8-17/h3-5,7-8,18-23,27H,6,9-16H2,1-2H3/t18-,19?,20?,21?,22?,23?,25?,26?/m1/s1. The van der Waals surface area contributed by atoms with Crippen LogP contribution in [-0.2, 0) is 4.74 Å². The number of carbonyl (C=O) groups excluding carboxylic acids is 1. The van der Waals surface area contributed by atoms with Gasteiger partial charge in [-0.25, -0.2) is 4.79 Å². The molecule has 4 aliphatic rings. The summed E-state index contributed by atoms with van der Waals surface area (Å²) in [6, 6.07) is 9.47. The van der Waals surface area contributed by atoms with E-state index in [1.807, 2.05) is 30.3 Å². The number of rotatable bonds is 2. The van der Waals surface area contributed by atoms with E-state index in [-0.39, 0.29) is 18.2 Å². The lowest BCUT2D eigenvalue weighted by Gasteiger charge is -2.62. The van der Waals surface area contributed by atoms with Crippen LogP contribution in [0.15, 0.2) is 30.3 Å². The van der Waals surface area contributed by atoms with Gasteiger partial charge in [-0.15, -0.1) is 0 Å². The van der Waals surface area contributed by atoms with Crippen molar-refractivity contribution in [2.75, 3.05) is 0 Å². The van der Waals surface area contributed by atoms with Crippen molar-refractivity contribution in [1.29, 1.82) is 0 Å². The van der Waals surface area contributed by atoms with Crippen molar-refractivity contribution in [2.45, 2.75) is 83.8 Å². The molecule has 4 fully saturated rings. The normalized spacial score (nSPS) is 46.3. The Morgan fingerprint density at radius 3 is 2.59 bits per heavy atom. The predicted octanol–water partition coefficient (Wildman–Crippen LogP) is 5.62. The van der Waals surface area contributed by atoms with Crippen molar-refractivity contribution in [3.63, 3.8) is 0 Å². The van der Waals surface area contributed by atoms with E-state index in [2.05, 4.69) is 13.8 Å². The number of ether oxygens (including phenoxy) is 1. The van der Waals surface area contributed by atoms with Crippen LogP contribution in [0.4, 0.5) is 0 Å². The molecule has 1 aromatic rings. The second-order valence-corrected chi connectivity index (χ2v) is 11.1. The molecule has 0 saturated heterocycles. The molecule has 0 spiro atoms. The molecule has 29 heavy (non-hydrogen) atoms. The summed E-state index contributed by atoms with van der Waals surface area (Å²) in [6.45, 7) is 4.99. The van der Waals surface area contributed by atoms with E-state index in [1.54, 1.807) is 0 Å². The van der Waals surface area contributed by atoms with Crippen molar-refractivity contribution < 1.29 is 14.6 Å². The second kappa shape index (κ2) is 7.11. The Bertz CT molecular complexity index is 760. The van der Waals surface area contributed by atoms with E-state index in [0.717, 1.165) is 25.7 Å². The quantitative estimate of drug-likeness (QED) is 0.660. The fourth-order valence-electron chi connectivity index (χ4n) is 8.07. The van der Waals surface area contributed by atoms with Gasteiger partial charge in [0.25, 0.3) is 0 Å². The highest BCUT2D eigenvalue weighted by Crippen LogP contribution is 2.66. The molecule has 0 bridgehead atoms. The maximum atomic E-state index is 13.0. The molecule has 0 radical (unpaired) electrons. The Hall–Kier alpha value is -1.35. The Morgan fingerprint density at radius 1 is 1.00 bits per heavy atom. The topological polar surface area (TPSA) is 46.5 Å². The summed E-state index contributed by atoms with van der Waals surface area (Å²) < 4.78 is 6.31. The Morgan fingerprint density at radius 2 is 1.79 bits per heavy atom. The van der Waals surface area contributed by atoms with Gasteiger partial charge in [0.1, 0.15) is 6.10 Å². The van der Waals surface area contributed by atoms with Gasteiger partial charge in [0.15, 0.2) is 0 Å². The molecule has 0 amide bonds. The number of hydrogen-bond donors (Lipinski definition) is 1. The number of hydrogen-bond acceptors (Lipinski definition) is 3. The van der Waals surface area contributed by atoms with E-state index >= 15 is 0 Å². The molecule has 7 unspecified atom stereocenters. The zero-order chi connectivity index (χ0) is 20.2. The Kier molecular flexibility index (Phi) is 4.81. The first-order valence-electron chi connectivity index (χ1n) is 11.8. The van der Waals surface area contributed by atoms with Crippen LogP contribution in [0.2, 0.25) is 0 Å². The van der Waals surface area contributed by atoms with Crippen LogP contribution in [-0.4, -0.2) is 23.3 Å². The molecule has 8 atom stereocenters. The zero-order valence-electron chi connectivity index (χ0n) is 18.0. The van der Waals surface area contributed by atoms with Gasteiger partial charge in [-0.05, 0) is 92.1 Å². The summed E-state index contributed by atoms with van der Waals surface area (Å²) in [5.74, 6) is 2.09. The summed E-state index contributed by atoms with van der Waals surface area (Å²) in [6.07, 6.45) is 10.2. The maximum absolute atomic E-state index is 13.0. The molecular formula is C26H36O3. The van der Waals surface area contributed by atoms with Gasteiger partial charge in [-0.2, -0.15) is 0 Å². The highest BCUT2D eigenvalue weighted by molar-refractivity contribution is 5.89. The van der Waals surface area contributed by atoms with Gasteiger partial charge in [0, 0.05) is 5.92 Å². The first-order chi connectivity index (χ1) is 13.9. The van der Waals surface area contributed by atoms with E-state index in [0.29, 0.717) is 40.1 Å². The largest absolute Gasteiger partial charge is 0.458 e. The fraction of sp³-hybridized carbons (Fsp3) is 0.731. The third kappa shape index (κ3) is 3.15. The molecule has 4 aliphatic carbocycles. The average Bonchev–Trinajstić information content (AvgIpc) is 3.11. The van der Waals surface area contributed by atoms with Crippen LogP contribution >= 0.6 is 0 Å². The Labute approximate surface area is 175 Å². The van der Waals surface area contributed by atoms with Crippen LogP contribution in [0.3, 0.4) is 0 Å². The molecule has 1 N–H and O–H groups in total. The lowest BCUT2D eigenvalue weighted by atomic mass is 9.44. The van der Waals surface area contributed by atoms with Gasteiger partial charge in [0.2, 0.25) is 0 Å². The highest BCUT2D eigenvalue weighted by Gasteiger charge is 2.61. The molecular weight excluding hydrogens is 360 g/mol. The third-order valence-corrected chi connectivity index (χ3v) is 9.68. The Balaban J connectivity index is 1.48. The van der Waals surface area contributed by atoms with E-state index in [1.165, 1.54) is 32.1 Å². The van der Waals surface area contributed by atoms with Crippen LogP contribution in [0.1, 0.15) is 82.0 Å². The smallest absolute Gasteiger partial charge is 0.338 e. The number of aliphatic hydroxyl groups excluding tert-OH is 1. The van der Waals surface area contributed by atoms with Crippen LogP contribution in [0, 0.1) is 34.5 Å². The number of esters is 1. The van der Waals surface area contributed by atoms with Crippen LogP contribution in [0.5, 0.6) is 0 Å². The van der Waals surface area contributed by atoms with E-state index in [4.69, 9.17) is 4.74 Å². The molecule has 4 saturated carbocycles. The van der Waals surface area contributed by atoms with Gasteiger partial charge >= 0.3 is 5.97 Å². The number of carbonyl (C=O) groups is 1. The summed E-state index contributed by atoms with van der Waals surface area (Å²) in [5.41, 5.74) is 1.38. The van der Waals surface area contributed by atoms with Gasteiger partial charge in [0.05, 0.1) is 11.7 Å². The predicted molar refractivity (Wildman–Crippen MR) is 113 cm³/mol. The molecule has 3 heteroatoms. The molecule has 0 aliphatic heterocycles. The SMILES string of the molecule is CC12CCCC1C1C(OC(=O)c3ccccc3)C[C@H]3CC(O)CCC3(C)C1CC2. The zero-order valence-corrected chi connectivity index (χ0v) is 18.0. The minimum Gasteiger partial charge on any atom is -0.458 e.